The molecule has 0 N–H and O–H groups in total. The summed E-state index contributed by atoms with van der Waals surface area (Å²) >= 11 is 5.93. The summed E-state index contributed by atoms with van der Waals surface area (Å²) in [6.45, 7) is 5.76. The van der Waals surface area contributed by atoms with Crippen molar-refractivity contribution in [2.45, 2.75) is 25.8 Å². The summed E-state index contributed by atoms with van der Waals surface area (Å²) in [5.74, 6) is 0.979. The van der Waals surface area contributed by atoms with Crippen LogP contribution in [0.15, 0.2) is 18.2 Å². The lowest BCUT2D eigenvalue weighted by atomic mass is 10.0. The molecule has 0 saturated carbocycles. The van der Waals surface area contributed by atoms with Crippen LogP contribution in [0.1, 0.15) is 19.8 Å². The van der Waals surface area contributed by atoms with Crippen molar-refractivity contribution in [3.8, 4) is 0 Å². The van der Waals surface area contributed by atoms with Gasteiger partial charge in [0.1, 0.15) is 11.0 Å². The molecule has 94 valence electrons. The van der Waals surface area contributed by atoms with E-state index in [1.165, 1.54) is 25.9 Å². The molecule has 1 aromatic heterocycles. The van der Waals surface area contributed by atoms with Crippen LogP contribution in [0.5, 0.6) is 0 Å². The maximum absolute atomic E-state index is 5.93. The number of nitrogens with zero attached hydrogens (tertiary/aromatic N) is 3. The van der Waals surface area contributed by atoms with Gasteiger partial charge in [-0.25, -0.2) is 4.98 Å². The van der Waals surface area contributed by atoms with Crippen LogP contribution in [0, 0.1) is 0 Å². The van der Waals surface area contributed by atoms with Gasteiger partial charge >= 0.3 is 0 Å². The smallest absolute Gasteiger partial charge is 0.131 e. The van der Waals surface area contributed by atoms with Gasteiger partial charge in [0.15, 0.2) is 0 Å². The van der Waals surface area contributed by atoms with E-state index < -0.39 is 0 Å². The second kappa shape index (κ2) is 5.69. The van der Waals surface area contributed by atoms with Crippen molar-refractivity contribution in [1.82, 2.24) is 9.88 Å². The molecule has 2 heterocycles. The zero-order valence-corrected chi connectivity index (χ0v) is 11.3. The minimum Gasteiger partial charge on any atom is -0.357 e. The molecular weight excluding hydrogens is 234 g/mol. The summed E-state index contributed by atoms with van der Waals surface area (Å²) in [5, 5.41) is 0.570. The maximum Gasteiger partial charge on any atom is 0.131 e. The SMILES string of the molecule is CCN1CCC(N(C)c2cccc(Cl)n2)CC1. The number of likely N-dealkylation sites (tertiary alicyclic amines) is 1. The molecule has 0 radical (unpaired) electrons. The Balaban J connectivity index is 1.99. The van der Waals surface area contributed by atoms with E-state index in [-0.39, 0.29) is 0 Å². The normalized spacial score (nSPS) is 18.3. The molecule has 1 aliphatic heterocycles. The van der Waals surface area contributed by atoms with E-state index in [0.29, 0.717) is 11.2 Å². The van der Waals surface area contributed by atoms with Crippen molar-refractivity contribution in [2.75, 3.05) is 31.6 Å². The Bertz CT molecular complexity index is 361. The monoisotopic (exact) mass is 253 g/mol. The van der Waals surface area contributed by atoms with Crippen molar-refractivity contribution < 1.29 is 0 Å². The fraction of sp³-hybridized carbons (Fsp3) is 0.615. The summed E-state index contributed by atoms with van der Waals surface area (Å²) in [4.78, 5) is 9.12. The third-order valence-corrected chi connectivity index (χ3v) is 3.82. The van der Waals surface area contributed by atoms with E-state index in [4.69, 9.17) is 11.6 Å². The van der Waals surface area contributed by atoms with Gasteiger partial charge in [-0.1, -0.05) is 24.6 Å². The zero-order chi connectivity index (χ0) is 12.3. The highest BCUT2D eigenvalue weighted by Crippen LogP contribution is 2.21. The molecule has 1 fully saturated rings. The van der Waals surface area contributed by atoms with E-state index in [1.54, 1.807) is 0 Å². The Hall–Kier alpha value is -0.800. The molecule has 1 aromatic rings. The first-order chi connectivity index (χ1) is 8.20. The molecule has 0 atom stereocenters. The van der Waals surface area contributed by atoms with E-state index in [0.717, 1.165) is 12.4 Å². The van der Waals surface area contributed by atoms with Gasteiger partial charge in [-0.2, -0.15) is 0 Å². The van der Waals surface area contributed by atoms with E-state index in [1.807, 2.05) is 18.2 Å². The second-order valence-electron chi connectivity index (χ2n) is 4.59. The van der Waals surface area contributed by atoms with Crippen LogP contribution in [0.2, 0.25) is 5.15 Å². The summed E-state index contributed by atoms with van der Waals surface area (Å²) in [6, 6.07) is 6.39. The molecule has 2 rings (SSSR count). The largest absolute Gasteiger partial charge is 0.357 e. The number of hydrogen-bond donors (Lipinski definition) is 0. The third kappa shape index (κ3) is 3.11. The lowest BCUT2D eigenvalue weighted by Crippen LogP contribution is -2.43. The number of hydrogen-bond acceptors (Lipinski definition) is 3. The predicted molar refractivity (Wildman–Crippen MR) is 72.8 cm³/mol. The third-order valence-electron chi connectivity index (χ3n) is 3.61. The van der Waals surface area contributed by atoms with Crippen LogP contribution in [-0.4, -0.2) is 42.6 Å². The zero-order valence-electron chi connectivity index (χ0n) is 10.6. The summed E-state index contributed by atoms with van der Waals surface area (Å²) in [5.41, 5.74) is 0. The van der Waals surface area contributed by atoms with Crippen molar-refractivity contribution in [1.29, 1.82) is 0 Å². The minimum absolute atomic E-state index is 0.570. The molecule has 0 unspecified atom stereocenters. The fourth-order valence-electron chi connectivity index (χ4n) is 2.40. The maximum atomic E-state index is 5.93. The number of rotatable bonds is 3. The van der Waals surface area contributed by atoms with Crippen LogP contribution >= 0.6 is 11.6 Å². The molecule has 0 aliphatic carbocycles. The van der Waals surface area contributed by atoms with Gasteiger partial charge in [-0.15, -0.1) is 0 Å². The van der Waals surface area contributed by atoms with Crippen LogP contribution in [0.3, 0.4) is 0 Å². The highest BCUT2D eigenvalue weighted by molar-refractivity contribution is 6.29. The number of anilines is 1. The van der Waals surface area contributed by atoms with E-state index in [2.05, 4.69) is 28.8 Å². The standard InChI is InChI=1S/C13H20ClN3/c1-3-17-9-7-11(8-10-17)16(2)13-6-4-5-12(14)15-13/h4-6,11H,3,7-10H2,1-2H3. The quantitative estimate of drug-likeness (QED) is 0.772. The first-order valence-corrected chi connectivity index (χ1v) is 6.66. The van der Waals surface area contributed by atoms with Crippen LogP contribution in [-0.2, 0) is 0 Å². The van der Waals surface area contributed by atoms with E-state index in [9.17, 15) is 0 Å². The van der Waals surface area contributed by atoms with Crippen LogP contribution in [0.4, 0.5) is 5.82 Å². The van der Waals surface area contributed by atoms with Crippen LogP contribution < -0.4 is 4.90 Å². The highest BCUT2D eigenvalue weighted by Gasteiger charge is 2.22. The minimum atomic E-state index is 0.570. The van der Waals surface area contributed by atoms with Crippen LogP contribution in [0.25, 0.3) is 0 Å². The molecule has 0 spiro atoms. The molecule has 1 aliphatic rings. The number of pyridine rings is 1. The fourth-order valence-corrected chi connectivity index (χ4v) is 2.56. The molecule has 0 bridgehead atoms. The van der Waals surface area contributed by atoms with Gasteiger partial charge in [0, 0.05) is 26.2 Å². The van der Waals surface area contributed by atoms with Gasteiger partial charge in [-0.05, 0) is 31.5 Å². The highest BCUT2D eigenvalue weighted by atomic mass is 35.5. The summed E-state index contributed by atoms with van der Waals surface area (Å²) < 4.78 is 0. The second-order valence-corrected chi connectivity index (χ2v) is 4.98. The molecule has 17 heavy (non-hydrogen) atoms. The summed E-state index contributed by atoms with van der Waals surface area (Å²) in [6.07, 6.45) is 2.41. The predicted octanol–water partition coefficient (Wildman–Crippen LogP) is 2.66. The first-order valence-electron chi connectivity index (χ1n) is 6.28. The summed E-state index contributed by atoms with van der Waals surface area (Å²) in [7, 11) is 2.12. The number of halogens is 1. The molecule has 3 nitrogen and oxygen atoms in total. The van der Waals surface area contributed by atoms with Crippen molar-refractivity contribution in [2.24, 2.45) is 0 Å². The van der Waals surface area contributed by atoms with Gasteiger partial charge in [-0.3, -0.25) is 0 Å². The lowest BCUT2D eigenvalue weighted by molar-refractivity contribution is 0.220. The Morgan fingerprint density at radius 2 is 2.12 bits per heavy atom. The molecule has 0 aromatic carbocycles. The van der Waals surface area contributed by atoms with E-state index >= 15 is 0 Å². The number of piperidine rings is 1. The molecular formula is C13H20ClN3. The lowest BCUT2D eigenvalue weighted by Gasteiger charge is -2.36. The van der Waals surface area contributed by atoms with Crippen molar-refractivity contribution in [3.63, 3.8) is 0 Å². The molecule has 4 heteroatoms. The van der Waals surface area contributed by atoms with Crippen molar-refractivity contribution >= 4 is 17.4 Å². The number of aromatic nitrogens is 1. The average Bonchev–Trinajstić information content (AvgIpc) is 2.38. The van der Waals surface area contributed by atoms with Gasteiger partial charge in [0.25, 0.3) is 0 Å². The Kier molecular flexibility index (Phi) is 4.24. The Morgan fingerprint density at radius 3 is 2.71 bits per heavy atom. The Labute approximate surface area is 108 Å². The van der Waals surface area contributed by atoms with Crippen molar-refractivity contribution in [3.05, 3.63) is 23.4 Å². The van der Waals surface area contributed by atoms with Gasteiger partial charge in [0.2, 0.25) is 0 Å². The topological polar surface area (TPSA) is 19.4 Å². The first kappa shape index (κ1) is 12.7. The van der Waals surface area contributed by atoms with Gasteiger partial charge < -0.3 is 9.80 Å². The molecule has 1 saturated heterocycles. The average molecular weight is 254 g/mol. The van der Waals surface area contributed by atoms with Gasteiger partial charge in [0.05, 0.1) is 0 Å². The molecule has 0 amide bonds. The Morgan fingerprint density at radius 1 is 1.41 bits per heavy atom.